The van der Waals surface area contributed by atoms with Crippen LogP contribution in [0.25, 0.3) is 0 Å². The van der Waals surface area contributed by atoms with Gasteiger partial charge in [-0.25, -0.2) is 5.43 Å². The predicted octanol–water partition coefficient (Wildman–Crippen LogP) is 4.54. The van der Waals surface area contributed by atoms with Crippen molar-refractivity contribution in [2.24, 2.45) is 22.9 Å². The largest absolute Gasteiger partial charge is 0.271 e. The lowest BCUT2D eigenvalue weighted by Crippen LogP contribution is -2.24. The summed E-state index contributed by atoms with van der Waals surface area (Å²) in [6.07, 6.45) is 5.23. The molecule has 0 radical (unpaired) electrons. The molecular weight excluding hydrogens is 307 g/mol. The monoisotopic (exact) mass is 324 g/mol. The van der Waals surface area contributed by atoms with E-state index in [0.29, 0.717) is 21.5 Å². The molecule has 2 aliphatic carbocycles. The first-order valence-corrected chi connectivity index (χ1v) is 8.09. The molecule has 0 unspecified atom stereocenters. The Labute approximate surface area is 134 Å². The molecule has 1 aromatic rings. The van der Waals surface area contributed by atoms with Gasteiger partial charge in [0.25, 0.3) is 5.91 Å². The third kappa shape index (κ3) is 3.09. The Hall–Kier alpha value is -1.06. The van der Waals surface area contributed by atoms with Crippen LogP contribution in [0.1, 0.15) is 43.0 Å². The van der Waals surface area contributed by atoms with E-state index in [1.54, 1.807) is 18.2 Å². The summed E-state index contributed by atoms with van der Waals surface area (Å²) >= 11 is 11.8. The molecule has 21 heavy (non-hydrogen) atoms. The number of fused-ring (bicyclic) bond motifs is 2. The SMILES string of the molecule is C/C(=N\NC(=O)c1ccc(Cl)c(Cl)c1)[C@@H]1C[C@H]2CC[C@@H]1C2. The third-order valence-corrected chi connectivity index (χ3v) is 5.53. The van der Waals surface area contributed by atoms with Crippen LogP contribution in [0.4, 0.5) is 0 Å². The molecule has 0 aromatic heterocycles. The van der Waals surface area contributed by atoms with Crippen molar-refractivity contribution in [3.63, 3.8) is 0 Å². The van der Waals surface area contributed by atoms with Gasteiger partial charge in [-0.15, -0.1) is 0 Å². The van der Waals surface area contributed by atoms with Gasteiger partial charge >= 0.3 is 0 Å². The van der Waals surface area contributed by atoms with Gasteiger partial charge in [-0.2, -0.15) is 5.10 Å². The quantitative estimate of drug-likeness (QED) is 0.643. The summed E-state index contributed by atoms with van der Waals surface area (Å²) in [4.78, 5) is 12.1. The highest BCUT2D eigenvalue weighted by Crippen LogP contribution is 2.48. The fourth-order valence-corrected chi connectivity index (χ4v) is 3.98. The summed E-state index contributed by atoms with van der Waals surface area (Å²) in [6, 6.07) is 4.82. The number of hydrazone groups is 1. The van der Waals surface area contributed by atoms with E-state index in [-0.39, 0.29) is 5.91 Å². The molecule has 0 aliphatic heterocycles. The van der Waals surface area contributed by atoms with Crippen molar-refractivity contribution in [2.75, 3.05) is 0 Å². The Kier molecular flexibility index (Phi) is 4.23. The minimum atomic E-state index is -0.254. The zero-order chi connectivity index (χ0) is 15.0. The van der Waals surface area contributed by atoms with Crippen LogP contribution in [0.5, 0.6) is 0 Å². The number of carbonyl (C=O) groups is 1. The molecule has 2 saturated carbocycles. The number of carbonyl (C=O) groups excluding carboxylic acids is 1. The van der Waals surface area contributed by atoms with Crippen LogP contribution in [-0.2, 0) is 0 Å². The fourth-order valence-electron chi connectivity index (χ4n) is 3.68. The highest BCUT2D eigenvalue weighted by Gasteiger charge is 2.40. The van der Waals surface area contributed by atoms with Crippen molar-refractivity contribution in [3.8, 4) is 0 Å². The smallest absolute Gasteiger partial charge is 0.267 e. The van der Waals surface area contributed by atoms with E-state index < -0.39 is 0 Å². The van der Waals surface area contributed by atoms with Crippen molar-refractivity contribution >= 4 is 34.8 Å². The zero-order valence-electron chi connectivity index (χ0n) is 11.9. The fraction of sp³-hybridized carbons (Fsp3) is 0.500. The Morgan fingerprint density at radius 2 is 2.05 bits per heavy atom. The normalized spacial score (nSPS) is 28.0. The molecular formula is C16H18Cl2N2O. The Morgan fingerprint density at radius 3 is 2.67 bits per heavy atom. The standard InChI is InChI=1S/C16H18Cl2N2O/c1-9(13-7-10-2-3-11(13)6-10)19-20-16(21)12-4-5-14(17)15(18)8-12/h4-5,8,10-11,13H,2-3,6-7H2,1H3,(H,20,21)/b19-9+/t10-,11+,13-/m0/s1. The highest BCUT2D eigenvalue weighted by molar-refractivity contribution is 6.42. The van der Waals surface area contributed by atoms with Gasteiger partial charge in [-0.3, -0.25) is 4.79 Å². The van der Waals surface area contributed by atoms with E-state index in [1.165, 1.54) is 25.7 Å². The van der Waals surface area contributed by atoms with Crippen LogP contribution in [0.2, 0.25) is 10.0 Å². The van der Waals surface area contributed by atoms with Gasteiger partial charge in [0, 0.05) is 17.2 Å². The van der Waals surface area contributed by atoms with E-state index in [9.17, 15) is 4.79 Å². The molecule has 3 nitrogen and oxygen atoms in total. The van der Waals surface area contributed by atoms with E-state index >= 15 is 0 Å². The summed E-state index contributed by atoms with van der Waals surface area (Å²) < 4.78 is 0. The van der Waals surface area contributed by atoms with Crippen LogP contribution in [0.15, 0.2) is 23.3 Å². The van der Waals surface area contributed by atoms with Gasteiger partial charge < -0.3 is 0 Å². The van der Waals surface area contributed by atoms with E-state index in [2.05, 4.69) is 10.5 Å². The summed E-state index contributed by atoms with van der Waals surface area (Å²) in [7, 11) is 0. The minimum absolute atomic E-state index is 0.254. The molecule has 1 amide bonds. The lowest BCUT2D eigenvalue weighted by molar-refractivity contribution is 0.0954. The molecule has 5 heteroatoms. The molecule has 1 aromatic carbocycles. The summed E-state index contributed by atoms with van der Waals surface area (Å²) in [5.74, 6) is 1.92. The van der Waals surface area contributed by atoms with Crippen LogP contribution in [-0.4, -0.2) is 11.6 Å². The first-order valence-electron chi connectivity index (χ1n) is 7.34. The number of benzene rings is 1. The molecule has 0 spiro atoms. The van der Waals surface area contributed by atoms with Crippen molar-refractivity contribution in [2.45, 2.75) is 32.6 Å². The maximum atomic E-state index is 12.1. The van der Waals surface area contributed by atoms with Crippen molar-refractivity contribution in [3.05, 3.63) is 33.8 Å². The van der Waals surface area contributed by atoms with Crippen LogP contribution >= 0.6 is 23.2 Å². The summed E-state index contributed by atoms with van der Waals surface area (Å²) in [6.45, 7) is 2.01. The van der Waals surface area contributed by atoms with E-state index in [4.69, 9.17) is 23.2 Å². The van der Waals surface area contributed by atoms with E-state index in [1.807, 2.05) is 6.92 Å². The molecule has 1 N–H and O–H groups in total. The summed E-state index contributed by atoms with van der Waals surface area (Å²) in [5.41, 5.74) is 4.13. The zero-order valence-corrected chi connectivity index (χ0v) is 13.4. The molecule has 112 valence electrons. The molecule has 2 bridgehead atoms. The van der Waals surface area contributed by atoms with E-state index in [0.717, 1.165) is 17.5 Å². The summed E-state index contributed by atoms with van der Waals surface area (Å²) in [5, 5.41) is 5.11. The number of halogens is 2. The number of amides is 1. The molecule has 0 saturated heterocycles. The topological polar surface area (TPSA) is 41.5 Å². The van der Waals surface area contributed by atoms with Crippen molar-refractivity contribution in [1.29, 1.82) is 0 Å². The molecule has 3 atom stereocenters. The Balaban J connectivity index is 1.64. The van der Waals surface area contributed by atoms with Crippen LogP contribution < -0.4 is 5.43 Å². The average molecular weight is 325 g/mol. The lowest BCUT2D eigenvalue weighted by Gasteiger charge is -2.21. The molecule has 0 heterocycles. The lowest BCUT2D eigenvalue weighted by atomic mass is 9.86. The number of nitrogens with zero attached hydrogens (tertiary/aromatic N) is 1. The first kappa shape index (κ1) is 14.9. The third-order valence-electron chi connectivity index (χ3n) is 4.79. The number of hydrogen-bond donors (Lipinski definition) is 1. The van der Waals surface area contributed by atoms with Gasteiger partial charge in [0.15, 0.2) is 0 Å². The van der Waals surface area contributed by atoms with Crippen LogP contribution in [0, 0.1) is 17.8 Å². The second-order valence-electron chi connectivity index (χ2n) is 6.10. The maximum Gasteiger partial charge on any atom is 0.271 e. The number of nitrogens with one attached hydrogen (secondary N) is 1. The van der Waals surface area contributed by atoms with Crippen LogP contribution in [0.3, 0.4) is 0 Å². The van der Waals surface area contributed by atoms with Gasteiger partial charge in [-0.1, -0.05) is 29.6 Å². The minimum Gasteiger partial charge on any atom is -0.267 e. The second kappa shape index (κ2) is 5.98. The average Bonchev–Trinajstić information content (AvgIpc) is 3.10. The van der Waals surface area contributed by atoms with Crippen molar-refractivity contribution < 1.29 is 4.79 Å². The Bertz CT molecular complexity index is 600. The van der Waals surface area contributed by atoms with Gasteiger partial charge in [0.05, 0.1) is 10.0 Å². The molecule has 2 fully saturated rings. The predicted molar refractivity (Wildman–Crippen MR) is 86.0 cm³/mol. The number of hydrogen-bond acceptors (Lipinski definition) is 2. The van der Waals surface area contributed by atoms with Crippen molar-refractivity contribution in [1.82, 2.24) is 5.43 Å². The highest BCUT2D eigenvalue weighted by atomic mass is 35.5. The Morgan fingerprint density at radius 1 is 1.24 bits per heavy atom. The maximum absolute atomic E-state index is 12.1. The van der Waals surface area contributed by atoms with Gasteiger partial charge in [0.2, 0.25) is 0 Å². The molecule has 3 rings (SSSR count). The number of rotatable bonds is 3. The van der Waals surface area contributed by atoms with Gasteiger partial charge in [-0.05, 0) is 56.2 Å². The molecule has 2 aliphatic rings. The second-order valence-corrected chi connectivity index (χ2v) is 6.92. The first-order chi connectivity index (χ1) is 10.0. The van der Waals surface area contributed by atoms with Gasteiger partial charge in [0.1, 0.15) is 0 Å².